The smallest absolute Gasteiger partial charge is 0.423 e. The van der Waals surface area contributed by atoms with Crippen LogP contribution in [0.5, 0.6) is 0 Å². The molecular weight excluding hydrogens is 728 g/mol. The molecule has 3 N–H and O–H groups in total. The number of para-hydroxylation sites is 1. The summed E-state index contributed by atoms with van der Waals surface area (Å²) in [5.41, 5.74) is -0.812. The first-order valence-corrected chi connectivity index (χ1v) is 17.4. The third kappa shape index (κ3) is 8.89. The second-order valence-corrected chi connectivity index (χ2v) is 13.6. The molecule has 6 rings (SSSR count). The van der Waals surface area contributed by atoms with Gasteiger partial charge >= 0.3 is 19.5 Å². The van der Waals surface area contributed by atoms with Gasteiger partial charge in [0.15, 0.2) is 0 Å². The van der Waals surface area contributed by atoms with Crippen LogP contribution < -0.4 is 15.1 Å². The number of carbonyl (C=O) groups is 1. The van der Waals surface area contributed by atoms with Gasteiger partial charge in [0.25, 0.3) is 10.0 Å². The first-order chi connectivity index (χ1) is 25.0. The van der Waals surface area contributed by atoms with Gasteiger partial charge in [-0.2, -0.15) is 26.3 Å². The number of nitrogens with zero attached hydrogens (tertiary/aromatic N) is 1. The van der Waals surface area contributed by atoms with E-state index in [0.717, 1.165) is 22.5 Å². The molecule has 53 heavy (non-hydrogen) atoms. The highest BCUT2D eigenvalue weighted by Crippen LogP contribution is 2.39. The number of amides is 1. The molecule has 16 heteroatoms. The summed E-state index contributed by atoms with van der Waals surface area (Å²) in [6.07, 6.45) is -8.77. The van der Waals surface area contributed by atoms with Gasteiger partial charge in [0, 0.05) is 13.0 Å². The van der Waals surface area contributed by atoms with E-state index in [9.17, 15) is 43.9 Å². The Morgan fingerprint density at radius 2 is 1.32 bits per heavy atom. The standard InChI is InChI=1S/C30H24F4N2O3S.C7H6BF3O2/c31-26-11-5-1-7-21(26)17-18-35-29(37)28-19-22-8-2-6-12-27(22)36(28)40(38,39)23-15-13-20(14-16-23)24-9-3-4-10-25(24)30(32,33)34;9-7(10,11)5-3-1-2-4-6(5)8(12)13/h1-16,28H,17-19H2,(H,35,37);1-4,12-13H/t28-;/m0./s1. The number of hydrogen-bond acceptors (Lipinski definition) is 5. The van der Waals surface area contributed by atoms with Crippen molar-refractivity contribution in [2.24, 2.45) is 0 Å². The summed E-state index contributed by atoms with van der Waals surface area (Å²) in [7, 11) is -6.38. The van der Waals surface area contributed by atoms with E-state index in [4.69, 9.17) is 10.0 Å². The third-order valence-electron chi connectivity index (χ3n) is 8.38. The molecule has 5 aromatic carbocycles. The number of sulfonamides is 1. The van der Waals surface area contributed by atoms with Crippen LogP contribution in [0.4, 0.5) is 36.4 Å². The first-order valence-electron chi connectivity index (χ1n) is 15.9. The van der Waals surface area contributed by atoms with Gasteiger partial charge < -0.3 is 15.4 Å². The van der Waals surface area contributed by atoms with Crippen molar-refractivity contribution < 1.29 is 54.0 Å². The molecule has 0 unspecified atom stereocenters. The van der Waals surface area contributed by atoms with Crippen LogP contribution >= 0.6 is 0 Å². The summed E-state index contributed by atoms with van der Waals surface area (Å²) in [4.78, 5) is 13.1. The molecule has 1 aliphatic rings. The van der Waals surface area contributed by atoms with Gasteiger partial charge in [-0.25, -0.2) is 12.8 Å². The van der Waals surface area contributed by atoms with E-state index in [1.54, 1.807) is 42.5 Å². The molecule has 276 valence electrons. The van der Waals surface area contributed by atoms with E-state index in [0.29, 0.717) is 16.8 Å². The number of anilines is 1. The minimum Gasteiger partial charge on any atom is -0.423 e. The molecule has 0 aliphatic carbocycles. The zero-order valence-corrected chi connectivity index (χ0v) is 28.3. The molecule has 0 bridgehead atoms. The third-order valence-corrected chi connectivity index (χ3v) is 10.2. The molecule has 1 heterocycles. The molecule has 0 saturated carbocycles. The topological polar surface area (TPSA) is 107 Å². The quantitative estimate of drug-likeness (QED) is 0.126. The maximum absolute atomic E-state index is 14.0. The van der Waals surface area contributed by atoms with Gasteiger partial charge in [0.05, 0.1) is 21.7 Å². The highest BCUT2D eigenvalue weighted by atomic mass is 32.2. The normalized spacial score (nSPS) is 14.2. The Hall–Kier alpha value is -5.19. The maximum atomic E-state index is 14.0. The Morgan fingerprint density at radius 1 is 0.755 bits per heavy atom. The summed E-state index contributed by atoms with van der Waals surface area (Å²) < 4.78 is 120. The van der Waals surface area contributed by atoms with Gasteiger partial charge in [0.1, 0.15) is 11.9 Å². The lowest BCUT2D eigenvalue weighted by Crippen LogP contribution is -2.48. The van der Waals surface area contributed by atoms with Crippen molar-refractivity contribution in [1.29, 1.82) is 0 Å². The van der Waals surface area contributed by atoms with Gasteiger partial charge in [-0.05, 0) is 64.5 Å². The molecular formula is C37H30BF7N2O5S. The fourth-order valence-electron chi connectivity index (χ4n) is 5.88. The molecule has 0 aromatic heterocycles. The average Bonchev–Trinajstić information content (AvgIpc) is 3.53. The molecule has 5 aromatic rings. The van der Waals surface area contributed by atoms with Crippen LogP contribution in [0.25, 0.3) is 11.1 Å². The predicted molar refractivity (Wildman–Crippen MR) is 185 cm³/mol. The monoisotopic (exact) mass is 758 g/mol. The Kier molecular flexibility index (Phi) is 11.7. The molecule has 0 fully saturated rings. The highest BCUT2D eigenvalue weighted by molar-refractivity contribution is 7.93. The van der Waals surface area contributed by atoms with E-state index in [-0.39, 0.29) is 35.4 Å². The molecule has 0 radical (unpaired) electrons. The lowest BCUT2D eigenvalue weighted by molar-refractivity contribution is -0.137. The molecule has 1 aliphatic heterocycles. The molecule has 7 nitrogen and oxygen atoms in total. The van der Waals surface area contributed by atoms with Crippen molar-refractivity contribution in [1.82, 2.24) is 5.32 Å². The van der Waals surface area contributed by atoms with Gasteiger partial charge in [-0.15, -0.1) is 0 Å². The number of benzene rings is 5. The second-order valence-electron chi connectivity index (χ2n) is 11.8. The van der Waals surface area contributed by atoms with Crippen LogP contribution in [0.15, 0.2) is 126 Å². The van der Waals surface area contributed by atoms with E-state index in [2.05, 4.69) is 5.32 Å². The molecule has 0 spiro atoms. The molecule has 1 amide bonds. The zero-order valence-electron chi connectivity index (χ0n) is 27.4. The summed E-state index contributed by atoms with van der Waals surface area (Å²) in [6.45, 7) is 0.105. The Bertz CT molecular complexity index is 2180. The van der Waals surface area contributed by atoms with Crippen molar-refractivity contribution in [2.45, 2.75) is 36.1 Å². The summed E-state index contributed by atoms with van der Waals surface area (Å²) in [5, 5.41) is 20.0. The van der Waals surface area contributed by atoms with Crippen molar-refractivity contribution in [3.63, 3.8) is 0 Å². The average molecular weight is 759 g/mol. The Morgan fingerprint density at radius 3 is 1.94 bits per heavy atom. The van der Waals surface area contributed by atoms with Crippen molar-refractivity contribution >= 4 is 34.2 Å². The number of alkyl halides is 6. The zero-order chi connectivity index (χ0) is 38.6. The van der Waals surface area contributed by atoms with Crippen LogP contribution in [0.3, 0.4) is 0 Å². The highest BCUT2D eigenvalue weighted by Gasteiger charge is 2.42. The number of carbonyl (C=O) groups excluding carboxylic acids is 1. The van der Waals surface area contributed by atoms with Gasteiger partial charge in [-0.3, -0.25) is 9.10 Å². The Balaban J connectivity index is 0.000000352. The number of nitrogens with one attached hydrogen (secondary N) is 1. The summed E-state index contributed by atoms with van der Waals surface area (Å²) >= 11 is 0. The number of fused-ring (bicyclic) bond motifs is 1. The minimum atomic E-state index is -4.58. The fourth-order valence-corrected chi connectivity index (χ4v) is 7.52. The van der Waals surface area contributed by atoms with Crippen molar-refractivity contribution in [3.8, 4) is 11.1 Å². The lowest BCUT2D eigenvalue weighted by atomic mass is 9.77. The maximum Gasteiger partial charge on any atom is 0.489 e. The van der Waals surface area contributed by atoms with Crippen molar-refractivity contribution in [3.05, 3.63) is 149 Å². The first kappa shape index (κ1) is 39.0. The molecule has 0 saturated heterocycles. The van der Waals surface area contributed by atoms with Crippen molar-refractivity contribution in [2.75, 3.05) is 10.8 Å². The van der Waals surface area contributed by atoms with Crippen LogP contribution in [-0.4, -0.2) is 44.1 Å². The van der Waals surface area contributed by atoms with E-state index in [1.165, 1.54) is 60.7 Å². The van der Waals surface area contributed by atoms with E-state index in [1.807, 2.05) is 0 Å². The molecule has 1 atom stereocenters. The van der Waals surface area contributed by atoms with Crippen LogP contribution in [-0.2, 0) is 40.0 Å². The summed E-state index contributed by atoms with van der Waals surface area (Å²) in [5.74, 6) is -0.928. The van der Waals surface area contributed by atoms with E-state index >= 15 is 0 Å². The fraction of sp³-hybridized carbons (Fsp3) is 0.162. The minimum absolute atomic E-state index is 0.0717. The van der Waals surface area contributed by atoms with E-state index < -0.39 is 63.9 Å². The number of hydrogen-bond donors (Lipinski definition) is 3. The number of halogens is 7. The largest absolute Gasteiger partial charge is 0.489 e. The lowest BCUT2D eigenvalue weighted by Gasteiger charge is -2.26. The Labute approximate surface area is 300 Å². The second kappa shape index (κ2) is 15.8. The SMILES string of the molecule is O=C(NCCc1ccccc1F)[C@@H]1Cc2ccccc2N1S(=O)(=O)c1ccc(-c2ccccc2C(F)(F)F)cc1.OB(O)c1ccccc1C(F)(F)F. The predicted octanol–water partition coefficient (Wildman–Crippen LogP) is 6.38. The van der Waals surface area contributed by atoms with Crippen LogP contribution in [0, 0.1) is 5.82 Å². The van der Waals surface area contributed by atoms with Gasteiger partial charge in [0.2, 0.25) is 5.91 Å². The van der Waals surface area contributed by atoms with Crippen LogP contribution in [0.2, 0.25) is 0 Å². The number of rotatable bonds is 8. The van der Waals surface area contributed by atoms with Gasteiger partial charge in [-0.1, -0.05) is 91.0 Å². The van der Waals surface area contributed by atoms with Crippen LogP contribution in [0.1, 0.15) is 22.3 Å². The summed E-state index contributed by atoms with van der Waals surface area (Å²) in [6, 6.07) is 26.4.